The summed E-state index contributed by atoms with van der Waals surface area (Å²) >= 11 is 5.73. The first kappa shape index (κ1) is 16.7. The van der Waals surface area contributed by atoms with Crippen LogP contribution in [0.4, 0.5) is 19.3 Å². The predicted molar refractivity (Wildman–Crippen MR) is 82.2 cm³/mol. The van der Waals surface area contributed by atoms with Crippen molar-refractivity contribution in [3.63, 3.8) is 0 Å². The maximum absolute atomic E-state index is 13.2. The van der Waals surface area contributed by atoms with E-state index in [0.717, 1.165) is 17.7 Å². The first-order valence-electron chi connectivity index (χ1n) is 6.45. The SMILES string of the molecule is NC(=O)Nc1ccc(CNC(=O)c2cc(F)c(F)cc2Cl)cc1. The summed E-state index contributed by atoms with van der Waals surface area (Å²) in [5, 5.41) is 4.76. The maximum atomic E-state index is 13.2. The van der Waals surface area contributed by atoms with Gasteiger partial charge in [-0.1, -0.05) is 23.7 Å². The average molecular weight is 340 g/mol. The number of amides is 3. The van der Waals surface area contributed by atoms with Crippen LogP contribution in [0.2, 0.25) is 5.02 Å². The van der Waals surface area contributed by atoms with Crippen molar-refractivity contribution in [1.29, 1.82) is 0 Å². The predicted octanol–water partition coefficient (Wildman–Crippen LogP) is 3.04. The van der Waals surface area contributed by atoms with Crippen molar-refractivity contribution in [1.82, 2.24) is 5.32 Å². The molecule has 0 unspecified atom stereocenters. The molecule has 0 fully saturated rings. The van der Waals surface area contributed by atoms with Crippen LogP contribution in [0.1, 0.15) is 15.9 Å². The molecule has 8 heteroatoms. The number of rotatable bonds is 4. The number of nitrogens with two attached hydrogens (primary N) is 1. The van der Waals surface area contributed by atoms with E-state index >= 15 is 0 Å². The summed E-state index contributed by atoms with van der Waals surface area (Å²) in [6.45, 7) is 0.144. The summed E-state index contributed by atoms with van der Waals surface area (Å²) in [5.74, 6) is -2.90. The molecule has 0 aliphatic carbocycles. The van der Waals surface area contributed by atoms with Crippen LogP contribution in [-0.2, 0) is 6.54 Å². The molecule has 5 nitrogen and oxygen atoms in total. The summed E-state index contributed by atoms with van der Waals surface area (Å²) < 4.78 is 26.1. The minimum atomic E-state index is -1.15. The zero-order chi connectivity index (χ0) is 17.0. The average Bonchev–Trinajstić information content (AvgIpc) is 2.49. The van der Waals surface area contributed by atoms with Crippen molar-refractivity contribution in [3.8, 4) is 0 Å². The van der Waals surface area contributed by atoms with E-state index in [1.165, 1.54) is 0 Å². The van der Waals surface area contributed by atoms with Crippen LogP contribution >= 0.6 is 11.6 Å². The molecule has 0 spiro atoms. The van der Waals surface area contributed by atoms with E-state index in [-0.39, 0.29) is 17.1 Å². The van der Waals surface area contributed by atoms with Crippen LogP contribution in [0.5, 0.6) is 0 Å². The van der Waals surface area contributed by atoms with Gasteiger partial charge in [-0.3, -0.25) is 4.79 Å². The molecule has 0 aromatic heterocycles. The van der Waals surface area contributed by atoms with Crippen LogP contribution in [0.25, 0.3) is 0 Å². The van der Waals surface area contributed by atoms with Crippen molar-refractivity contribution in [2.75, 3.05) is 5.32 Å². The molecule has 2 aromatic carbocycles. The molecule has 0 aliphatic rings. The fourth-order valence-electron chi connectivity index (χ4n) is 1.82. The summed E-state index contributed by atoms with van der Waals surface area (Å²) in [6, 6.07) is 7.35. The van der Waals surface area contributed by atoms with Crippen molar-refractivity contribution in [3.05, 3.63) is 64.2 Å². The van der Waals surface area contributed by atoms with E-state index in [1.807, 2.05) is 0 Å². The van der Waals surface area contributed by atoms with Gasteiger partial charge in [0.25, 0.3) is 5.91 Å². The van der Waals surface area contributed by atoms with Crippen LogP contribution in [0.3, 0.4) is 0 Å². The van der Waals surface area contributed by atoms with Gasteiger partial charge in [-0.2, -0.15) is 0 Å². The summed E-state index contributed by atoms with van der Waals surface area (Å²) in [7, 11) is 0. The Morgan fingerprint density at radius 3 is 2.30 bits per heavy atom. The number of benzene rings is 2. The number of nitrogens with one attached hydrogen (secondary N) is 2. The van der Waals surface area contributed by atoms with Gasteiger partial charge in [0.1, 0.15) is 0 Å². The smallest absolute Gasteiger partial charge is 0.316 e. The molecule has 120 valence electrons. The molecule has 0 saturated heterocycles. The highest BCUT2D eigenvalue weighted by Crippen LogP contribution is 2.20. The van der Waals surface area contributed by atoms with Gasteiger partial charge in [0, 0.05) is 12.2 Å². The third-order valence-corrected chi connectivity index (χ3v) is 3.24. The second kappa shape index (κ2) is 7.06. The van der Waals surface area contributed by atoms with Gasteiger partial charge >= 0.3 is 6.03 Å². The van der Waals surface area contributed by atoms with Crippen LogP contribution in [-0.4, -0.2) is 11.9 Å². The maximum Gasteiger partial charge on any atom is 0.316 e. The summed E-state index contributed by atoms with van der Waals surface area (Å²) in [6.07, 6.45) is 0. The Kier molecular flexibility index (Phi) is 5.13. The van der Waals surface area contributed by atoms with E-state index in [1.54, 1.807) is 24.3 Å². The van der Waals surface area contributed by atoms with Gasteiger partial charge in [-0.15, -0.1) is 0 Å². The highest BCUT2D eigenvalue weighted by molar-refractivity contribution is 6.33. The Bertz CT molecular complexity index is 751. The number of urea groups is 1. The largest absolute Gasteiger partial charge is 0.351 e. The lowest BCUT2D eigenvalue weighted by atomic mass is 10.1. The number of halogens is 3. The molecule has 3 amide bonds. The van der Waals surface area contributed by atoms with Gasteiger partial charge < -0.3 is 16.4 Å². The van der Waals surface area contributed by atoms with Crippen molar-refractivity contribution < 1.29 is 18.4 Å². The van der Waals surface area contributed by atoms with E-state index in [2.05, 4.69) is 10.6 Å². The van der Waals surface area contributed by atoms with Crippen LogP contribution in [0, 0.1) is 11.6 Å². The van der Waals surface area contributed by atoms with Gasteiger partial charge in [-0.05, 0) is 29.8 Å². The monoisotopic (exact) mass is 339 g/mol. The molecule has 0 saturated carbocycles. The Morgan fingerprint density at radius 1 is 1.09 bits per heavy atom. The Morgan fingerprint density at radius 2 is 1.70 bits per heavy atom. The zero-order valence-electron chi connectivity index (χ0n) is 11.7. The highest BCUT2D eigenvalue weighted by Gasteiger charge is 2.14. The number of hydrogen-bond donors (Lipinski definition) is 3. The van der Waals surface area contributed by atoms with Crippen LogP contribution in [0.15, 0.2) is 36.4 Å². The number of hydrogen-bond acceptors (Lipinski definition) is 2. The highest BCUT2D eigenvalue weighted by atomic mass is 35.5. The van der Waals surface area contributed by atoms with E-state index in [4.69, 9.17) is 17.3 Å². The minimum Gasteiger partial charge on any atom is -0.351 e. The van der Waals surface area contributed by atoms with Crippen molar-refractivity contribution in [2.24, 2.45) is 5.73 Å². The van der Waals surface area contributed by atoms with Gasteiger partial charge in [0.15, 0.2) is 11.6 Å². The minimum absolute atomic E-state index is 0.144. The standard InChI is InChI=1S/C15H12ClF2N3O2/c16-11-6-13(18)12(17)5-10(11)14(22)20-7-8-1-3-9(4-2-8)21-15(19)23/h1-6H,7H2,(H,20,22)(H3,19,21,23). The lowest BCUT2D eigenvalue weighted by molar-refractivity contribution is 0.0950. The first-order chi connectivity index (χ1) is 10.9. The fraction of sp³-hybridized carbons (Fsp3) is 0.0667. The Balaban J connectivity index is 2.02. The lowest BCUT2D eigenvalue weighted by Gasteiger charge is -2.08. The van der Waals surface area contributed by atoms with Gasteiger partial charge in [0.2, 0.25) is 0 Å². The third kappa shape index (κ3) is 4.40. The molecular weight excluding hydrogens is 328 g/mol. The fourth-order valence-corrected chi connectivity index (χ4v) is 2.06. The first-order valence-corrected chi connectivity index (χ1v) is 6.83. The Labute approximate surface area is 135 Å². The number of carbonyl (C=O) groups excluding carboxylic acids is 2. The molecule has 0 bridgehead atoms. The van der Waals surface area contributed by atoms with Gasteiger partial charge in [-0.25, -0.2) is 13.6 Å². The topological polar surface area (TPSA) is 84.2 Å². The Hall–Kier alpha value is -2.67. The normalized spacial score (nSPS) is 10.2. The molecular formula is C15H12ClF2N3O2. The second-order valence-electron chi connectivity index (χ2n) is 4.62. The van der Waals surface area contributed by atoms with E-state index in [0.29, 0.717) is 5.69 Å². The lowest BCUT2D eigenvalue weighted by Crippen LogP contribution is -2.23. The van der Waals surface area contributed by atoms with Crippen LogP contribution < -0.4 is 16.4 Å². The van der Waals surface area contributed by atoms with Crippen molar-refractivity contribution >= 4 is 29.2 Å². The quantitative estimate of drug-likeness (QED) is 0.748. The molecule has 23 heavy (non-hydrogen) atoms. The zero-order valence-corrected chi connectivity index (χ0v) is 12.5. The molecule has 0 aliphatic heterocycles. The second-order valence-corrected chi connectivity index (χ2v) is 5.02. The molecule has 2 aromatic rings. The van der Waals surface area contributed by atoms with E-state index < -0.39 is 23.6 Å². The number of primary amides is 1. The molecule has 0 radical (unpaired) electrons. The van der Waals surface area contributed by atoms with E-state index in [9.17, 15) is 18.4 Å². The van der Waals surface area contributed by atoms with Gasteiger partial charge in [0.05, 0.1) is 10.6 Å². The third-order valence-electron chi connectivity index (χ3n) is 2.93. The molecule has 2 rings (SSSR count). The molecule has 0 heterocycles. The molecule has 0 atom stereocenters. The molecule has 4 N–H and O–H groups in total. The number of anilines is 1. The summed E-state index contributed by atoms with van der Waals surface area (Å²) in [5.41, 5.74) is 6.07. The summed E-state index contributed by atoms with van der Waals surface area (Å²) in [4.78, 5) is 22.6. The number of carbonyl (C=O) groups is 2. The van der Waals surface area contributed by atoms with Crippen molar-refractivity contribution in [2.45, 2.75) is 6.54 Å².